The number of aliphatic imine (C=N–C) groups is 1. The second-order valence-electron chi connectivity index (χ2n) is 2.58. The monoisotopic (exact) mass is 220 g/mol. The molecule has 0 radical (unpaired) electrons. The first kappa shape index (κ1) is 7.51. The Labute approximate surface area is 78.7 Å². The average molecular weight is 221 g/mol. The third-order valence-corrected chi connectivity index (χ3v) is 2.33. The van der Waals surface area contributed by atoms with E-state index in [1.165, 1.54) is 0 Å². The zero-order valence-corrected chi connectivity index (χ0v) is 7.80. The first-order chi connectivity index (χ1) is 5.81. The summed E-state index contributed by atoms with van der Waals surface area (Å²) in [7, 11) is 0. The van der Waals surface area contributed by atoms with E-state index in [9.17, 15) is 0 Å². The van der Waals surface area contributed by atoms with E-state index in [1.807, 2.05) is 18.2 Å². The van der Waals surface area contributed by atoms with Crippen LogP contribution in [-0.2, 0) is 6.54 Å². The molecule has 1 aliphatic rings. The summed E-state index contributed by atoms with van der Waals surface area (Å²) in [6, 6.07) is 7.97. The van der Waals surface area contributed by atoms with Crippen molar-refractivity contribution in [2.24, 2.45) is 4.99 Å². The topological polar surface area (TPSA) is 36.1 Å². The largest absolute Gasteiger partial charge is 0.269 e. The van der Waals surface area contributed by atoms with E-state index in [1.54, 1.807) is 0 Å². The van der Waals surface area contributed by atoms with Crippen LogP contribution >= 0.6 is 15.9 Å². The van der Waals surface area contributed by atoms with E-state index in [4.69, 9.17) is 5.26 Å². The van der Waals surface area contributed by atoms with Gasteiger partial charge >= 0.3 is 0 Å². The first-order valence-corrected chi connectivity index (χ1v) is 4.34. The fourth-order valence-corrected chi connectivity index (χ4v) is 1.61. The molecule has 0 N–H and O–H groups in total. The van der Waals surface area contributed by atoms with E-state index in [0.29, 0.717) is 12.3 Å². The first-order valence-electron chi connectivity index (χ1n) is 3.54. The van der Waals surface area contributed by atoms with Crippen molar-refractivity contribution in [2.45, 2.75) is 6.54 Å². The minimum atomic E-state index is 0.548. The lowest BCUT2D eigenvalue weighted by atomic mass is 10.1. The van der Waals surface area contributed by atoms with E-state index in [2.05, 4.69) is 27.0 Å². The molecule has 1 aliphatic heterocycles. The summed E-state index contributed by atoms with van der Waals surface area (Å²) in [4.78, 5) is 4.10. The highest BCUT2D eigenvalue weighted by molar-refractivity contribution is 9.10. The molecule has 3 heteroatoms. The van der Waals surface area contributed by atoms with Crippen molar-refractivity contribution in [1.82, 2.24) is 0 Å². The summed E-state index contributed by atoms with van der Waals surface area (Å²) in [5.41, 5.74) is 2.65. The van der Waals surface area contributed by atoms with Crippen LogP contribution in [-0.4, -0.2) is 5.71 Å². The van der Waals surface area contributed by atoms with Crippen LogP contribution in [0.15, 0.2) is 27.7 Å². The third-order valence-electron chi connectivity index (χ3n) is 1.84. The van der Waals surface area contributed by atoms with Crippen molar-refractivity contribution in [3.8, 4) is 6.07 Å². The Balaban J connectivity index is 2.59. The smallest absolute Gasteiger partial charge is 0.143 e. The van der Waals surface area contributed by atoms with E-state index < -0.39 is 0 Å². The number of fused-ring (bicyclic) bond motifs is 1. The Kier molecular flexibility index (Phi) is 1.70. The molecule has 1 heterocycles. The van der Waals surface area contributed by atoms with Crippen LogP contribution in [0.4, 0.5) is 0 Å². The number of hydrogen-bond acceptors (Lipinski definition) is 2. The lowest BCUT2D eigenvalue weighted by molar-refractivity contribution is 1.11. The molecular formula is C9H5BrN2. The molecule has 1 aromatic rings. The van der Waals surface area contributed by atoms with Crippen LogP contribution in [0.3, 0.4) is 0 Å². The lowest BCUT2D eigenvalue weighted by Crippen LogP contribution is -1.93. The highest BCUT2D eigenvalue weighted by atomic mass is 79.9. The van der Waals surface area contributed by atoms with E-state index in [-0.39, 0.29) is 0 Å². The lowest BCUT2D eigenvalue weighted by Gasteiger charge is -1.97. The molecule has 0 saturated carbocycles. The van der Waals surface area contributed by atoms with Gasteiger partial charge < -0.3 is 0 Å². The van der Waals surface area contributed by atoms with Gasteiger partial charge in [0.2, 0.25) is 0 Å². The molecule has 0 bridgehead atoms. The summed E-state index contributed by atoms with van der Waals surface area (Å²) < 4.78 is 0.992. The maximum absolute atomic E-state index is 8.71. The Bertz CT molecular complexity index is 401. The predicted molar refractivity (Wildman–Crippen MR) is 50.0 cm³/mol. The molecule has 0 aromatic heterocycles. The van der Waals surface area contributed by atoms with Gasteiger partial charge in [0.25, 0.3) is 0 Å². The van der Waals surface area contributed by atoms with Crippen LogP contribution in [0.25, 0.3) is 0 Å². The van der Waals surface area contributed by atoms with Gasteiger partial charge in [0.1, 0.15) is 11.8 Å². The fraction of sp³-hybridized carbons (Fsp3) is 0.111. The van der Waals surface area contributed by atoms with Gasteiger partial charge in [-0.3, -0.25) is 4.99 Å². The molecule has 0 spiro atoms. The van der Waals surface area contributed by atoms with Crippen LogP contribution in [0, 0.1) is 11.3 Å². The summed E-state index contributed by atoms with van der Waals surface area (Å²) in [5.74, 6) is 0. The van der Waals surface area contributed by atoms with Crippen LogP contribution in [0.5, 0.6) is 0 Å². The molecule has 0 atom stereocenters. The van der Waals surface area contributed by atoms with Gasteiger partial charge in [0.15, 0.2) is 0 Å². The molecule has 12 heavy (non-hydrogen) atoms. The zero-order chi connectivity index (χ0) is 8.55. The van der Waals surface area contributed by atoms with E-state index in [0.717, 1.165) is 15.6 Å². The Hall–Kier alpha value is -1.14. The number of halogens is 1. The van der Waals surface area contributed by atoms with Crippen molar-refractivity contribution < 1.29 is 0 Å². The third kappa shape index (κ3) is 1.05. The normalized spacial score (nSPS) is 13.5. The minimum absolute atomic E-state index is 0.548. The summed E-state index contributed by atoms with van der Waals surface area (Å²) in [6.45, 7) is 0.644. The predicted octanol–water partition coefficient (Wildman–Crippen LogP) is 2.28. The Morgan fingerprint density at radius 3 is 3.08 bits per heavy atom. The van der Waals surface area contributed by atoms with Crippen molar-refractivity contribution in [1.29, 1.82) is 5.26 Å². The van der Waals surface area contributed by atoms with Crippen LogP contribution in [0.2, 0.25) is 0 Å². The van der Waals surface area contributed by atoms with Gasteiger partial charge in [0, 0.05) is 10.0 Å². The molecule has 58 valence electrons. The van der Waals surface area contributed by atoms with Crippen molar-refractivity contribution in [2.75, 3.05) is 0 Å². The van der Waals surface area contributed by atoms with Gasteiger partial charge in [-0.25, -0.2) is 0 Å². The summed E-state index contributed by atoms with van der Waals surface area (Å²) in [5, 5.41) is 8.71. The molecule has 2 nitrogen and oxygen atoms in total. The molecule has 0 fully saturated rings. The summed E-state index contributed by atoms with van der Waals surface area (Å²) in [6.07, 6.45) is 0. The maximum Gasteiger partial charge on any atom is 0.143 e. The van der Waals surface area contributed by atoms with Crippen molar-refractivity contribution >= 4 is 21.6 Å². The van der Waals surface area contributed by atoms with Crippen molar-refractivity contribution in [3.63, 3.8) is 0 Å². The highest BCUT2D eigenvalue weighted by Crippen LogP contribution is 2.22. The summed E-state index contributed by atoms with van der Waals surface area (Å²) >= 11 is 3.36. The van der Waals surface area contributed by atoms with Gasteiger partial charge in [-0.2, -0.15) is 5.26 Å². The van der Waals surface area contributed by atoms with Gasteiger partial charge in [0.05, 0.1) is 6.54 Å². The second kappa shape index (κ2) is 2.72. The van der Waals surface area contributed by atoms with Gasteiger partial charge in [-0.05, 0) is 17.7 Å². The Morgan fingerprint density at radius 1 is 1.50 bits per heavy atom. The number of nitrogens with zero attached hydrogens (tertiary/aromatic N) is 2. The molecule has 1 aromatic carbocycles. The van der Waals surface area contributed by atoms with Crippen LogP contribution in [0.1, 0.15) is 11.1 Å². The minimum Gasteiger partial charge on any atom is -0.269 e. The fourth-order valence-electron chi connectivity index (χ4n) is 1.25. The quantitative estimate of drug-likeness (QED) is 0.661. The maximum atomic E-state index is 8.71. The average Bonchev–Trinajstić information content (AvgIpc) is 2.46. The van der Waals surface area contributed by atoms with E-state index >= 15 is 0 Å². The van der Waals surface area contributed by atoms with Crippen molar-refractivity contribution in [3.05, 3.63) is 33.8 Å². The number of benzene rings is 1. The second-order valence-corrected chi connectivity index (χ2v) is 3.49. The Morgan fingerprint density at radius 2 is 2.33 bits per heavy atom. The number of rotatable bonds is 0. The highest BCUT2D eigenvalue weighted by Gasteiger charge is 2.14. The molecule has 0 aliphatic carbocycles. The molecule has 2 rings (SSSR count). The molecule has 0 amide bonds. The molecule has 0 saturated heterocycles. The number of hydrogen-bond donors (Lipinski definition) is 0. The standard InChI is InChI=1S/C9H5BrN2/c10-7-2-1-6-5-12-9(4-11)8(6)3-7/h1-3H,5H2. The molecular weight excluding hydrogens is 216 g/mol. The van der Waals surface area contributed by atoms with Gasteiger partial charge in [-0.15, -0.1) is 0 Å². The zero-order valence-electron chi connectivity index (χ0n) is 6.21. The molecule has 0 unspecified atom stereocenters. The SMILES string of the molecule is N#CC1=NCc2ccc(Br)cc21. The van der Waals surface area contributed by atoms with Gasteiger partial charge in [-0.1, -0.05) is 22.0 Å². The number of nitriles is 1. The van der Waals surface area contributed by atoms with Crippen LogP contribution < -0.4 is 0 Å².